The molecule has 0 aliphatic carbocycles. The number of fused-ring (bicyclic) bond motifs is 1. The maximum atomic E-state index is 13.0. The molecule has 1 aromatic carbocycles. The molecule has 0 saturated heterocycles. The second kappa shape index (κ2) is 6.77. The molecule has 0 saturated carbocycles. The van der Waals surface area contributed by atoms with Crippen LogP contribution in [0.4, 0.5) is 10.7 Å². The molecule has 1 unspecified atom stereocenters. The first kappa shape index (κ1) is 18.5. The van der Waals surface area contributed by atoms with Gasteiger partial charge in [0.05, 0.1) is 18.4 Å². The van der Waals surface area contributed by atoms with Crippen molar-refractivity contribution in [2.75, 3.05) is 17.7 Å². The smallest absolute Gasteiger partial charge is 0.341 e. The molecule has 0 bridgehead atoms. The molecule has 2 amide bonds. The van der Waals surface area contributed by atoms with Crippen LogP contribution in [-0.4, -0.2) is 29.6 Å². The molecule has 3 rings (SSSR count). The van der Waals surface area contributed by atoms with E-state index in [0.717, 1.165) is 15.3 Å². The van der Waals surface area contributed by atoms with Crippen molar-refractivity contribution in [1.82, 2.24) is 0 Å². The Hall–Kier alpha value is -2.32. The Balaban J connectivity index is 1.93. The second-order valence-corrected chi connectivity index (χ2v) is 8.70. The van der Waals surface area contributed by atoms with Crippen LogP contribution in [0.2, 0.25) is 0 Å². The van der Waals surface area contributed by atoms with Gasteiger partial charge < -0.3 is 15.4 Å². The Morgan fingerprint density at radius 1 is 1.23 bits per heavy atom. The number of benzene rings is 1. The number of amides is 2. The highest BCUT2D eigenvalue weighted by molar-refractivity contribution is 8.02. The Bertz CT molecular complexity index is 922. The number of ether oxygens (including phenoxy) is 1. The minimum absolute atomic E-state index is 0.327. The van der Waals surface area contributed by atoms with Crippen LogP contribution in [0.15, 0.2) is 29.2 Å². The van der Waals surface area contributed by atoms with Crippen LogP contribution >= 0.6 is 23.1 Å². The number of hydrogen-bond acceptors (Lipinski definition) is 6. The summed E-state index contributed by atoms with van der Waals surface area (Å²) in [6, 6.07) is 7.31. The van der Waals surface area contributed by atoms with Crippen LogP contribution in [0.1, 0.15) is 27.7 Å². The molecule has 0 radical (unpaired) electrons. The van der Waals surface area contributed by atoms with E-state index in [1.54, 1.807) is 19.9 Å². The van der Waals surface area contributed by atoms with Gasteiger partial charge in [-0.1, -0.05) is 23.9 Å². The highest BCUT2D eigenvalue weighted by Gasteiger charge is 2.46. The maximum Gasteiger partial charge on any atom is 0.341 e. The average Bonchev–Trinajstić information content (AvgIpc) is 2.89. The number of esters is 1. The molecule has 1 aromatic heterocycles. The van der Waals surface area contributed by atoms with Crippen molar-refractivity contribution < 1.29 is 19.1 Å². The van der Waals surface area contributed by atoms with E-state index in [4.69, 9.17) is 4.74 Å². The Morgan fingerprint density at radius 2 is 1.92 bits per heavy atom. The van der Waals surface area contributed by atoms with E-state index < -0.39 is 22.5 Å². The lowest BCUT2D eigenvalue weighted by Crippen LogP contribution is -2.49. The van der Waals surface area contributed by atoms with E-state index >= 15 is 0 Å². The van der Waals surface area contributed by atoms with Crippen molar-refractivity contribution in [2.45, 2.75) is 30.4 Å². The van der Waals surface area contributed by atoms with Gasteiger partial charge >= 0.3 is 5.97 Å². The number of rotatable bonds is 3. The summed E-state index contributed by atoms with van der Waals surface area (Å²) < 4.78 is 3.47. The Labute approximate surface area is 159 Å². The van der Waals surface area contributed by atoms with Gasteiger partial charge in [-0.2, -0.15) is 0 Å². The van der Waals surface area contributed by atoms with Gasteiger partial charge in [-0.3, -0.25) is 9.59 Å². The maximum absolute atomic E-state index is 13.0. The molecule has 2 aromatic rings. The summed E-state index contributed by atoms with van der Waals surface area (Å²) in [7, 11) is 1.29. The SMILES string of the molecule is COC(=O)c1c(NC(=O)C2(C)Sc3ccccc3NC2=O)sc(C)c1C. The normalized spacial score (nSPS) is 18.7. The minimum atomic E-state index is -1.35. The zero-order valence-electron chi connectivity index (χ0n) is 14.8. The fourth-order valence-electron chi connectivity index (χ4n) is 2.60. The third kappa shape index (κ3) is 2.99. The summed E-state index contributed by atoms with van der Waals surface area (Å²) in [6.07, 6.45) is 0. The number of methoxy groups -OCH3 is 1. The summed E-state index contributed by atoms with van der Waals surface area (Å²) >= 11 is 2.48. The van der Waals surface area contributed by atoms with Crippen LogP contribution in [0.5, 0.6) is 0 Å². The fraction of sp³-hybridized carbons (Fsp3) is 0.278. The molecule has 136 valence electrons. The predicted octanol–water partition coefficient (Wildman–Crippen LogP) is 3.59. The third-order valence-electron chi connectivity index (χ3n) is 4.32. The Kier molecular flexibility index (Phi) is 4.81. The van der Waals surface area contributed by atoms with Crippen molar-refractivity contribution in [1.29, 1.82) is 0 Å². The molecule has 26 heavy (non-hydrogen) atoms. The third-order valence-corrected chi connectivity index (χ3v) is 6.80. The van der Waals surface area contributed by atoms with Crippen LogP contribution in [0.3, 0.4) is 0 Å². The number of para-hydroxylation sites is 1. The highest BCUT2D eigenvalue weighted by atomic mass is 32.2. The summed E-state index contributed by atoms with van der Waals surface area (Å²) in [5, 5.41) is 5.92. The second-order valence-electron chi connectivity index (χ2n) is 6.02. The number of nitrogens with one attached hydrogen (secondary N) is 2. The van der Waals surface area contributed by atoms with Gasteiger partial charge in [-0.05, 0) is 38.5 Å². The predicted molar refractivity (Wildman–Crippen MR) is 103 cm³/mol. The van der Waals surface area contributed by atoms with Gasteiger partial charge in [0.2, 0.25) is 5.91 Å². The molecule has 1 aliphatic heterocycles. The van der Waals surface area contributed by atoms with Crippen LogP contribution in [0, 0.1) is 13.8 Å². The lowest BCUT2D eigenvalue weighted by atomic mass is 10.1. The van der Waals surface area contributed by atoms with Crippen molar-refractivity contribution >= 4 is 51.6 Å². The van der Waals surface area contributed by atoms with E-state index in [1.165, 1.54) is 30.2 Å². The van der Waals surface area contributed by atoms with Gasteiger partial charge in [0.25, 0.3) is 5.91 Å². The molecule has 8 heteroatoms. The van der Waals surface area contributed by atoms with Gasteiger partial charge in [0.15, 0.2) is 4.75 Å². The number of carbonyl (C=O) groups is 3. The minimum Gasteiger partial charge on any atom is -0.465 e. The molecular formula is C18H18N2O4S2. The molecule has 1 aliphatic rings. The first-order valence-electron chi connectivity index (χ1n) is 7.87. The van der Waals surface area contributed by atoms with E-state index in [0.29, 0.717) is 16.3 Å². The number of hydrogen-bond donors (Lipinski definition) is 2. The van der Waals surface area contributed by atoms with Crippen LogP contribution in [0.25, 0.3) is 0 Å². The lowest BCUT2D eigenvalue weighted by Gasteiger charge is -2.31. The largest absolute Gasteiger partial charge is 0.465 e. The first-order chi connectivity index (χ1) is 12.3. The molecule has 1 atom stereocenters. The van der Waals surface area contributed by atoms with Crippen LogP contribution in [-0.2, 0) is 14.3 Å². The lowest BCUT2D eigenvalue weighted by molar-refractivity contribution is -0.126. The summed E-state index contributed by atoms with van der Waals surface area (Å²) in [4.78, 5) is 39.3. The Morgan fingerprint density at radius 3 is 2.62 bits per heavy atom. The zero-order valence-corrected chi connectivity index (χ0v) is 16.4. The standard InChI is InChI=1S/C18H18N2O4S2/c1-9-10(2)25-14(13(9)15(21)24-4)20-17(23)18(3)16(22)19-11-7-5-6-8-12(11)26-18/h5-8H,1-4H3,(H,19,22)(H,20,23). The molecular weight excluding hydrogens is 372 g/mol. The van der Waals surface area contributed by atoms with Crippen molar-refractivity contribution in [2.24, 2.45) is 0 Å². The average molecular weight is 390 g/mol. The van der Waals surface area contributed by atoms with Crippen LogP contribution < -0.4 is 10.6 Å². The molecule has 0 fully saturated rings. The fourth-order valence-corrected chi connectivity index (χ4v) is 4.75. The van der Waals surface area contributed by atoms with E-state index in [1.807, 2.05) is 25.1 Å². The summed E-state index contributed by atoms with van der Waals surface area (Å²) in [5.74, 6) is -1.40. The number of aryl methyl sites for hydroxylation is 1. The topological polar surface area (TPSA) is 84.5 Å². The molecule has 2 N–H and O–H groups in total. The zero-order chi connectivity index (χ0) is 19.1. The first-order valence-corrected chi connectivity index (χ1v) is 9.50. The molecule has 2 heterocycles. The van der Waals surface area contributed by atoms with E-state index in [2.05, 4.69) is 10.6 Å². The van der Waals surface area contributed by atoms with E-state index in [9.17, 15) is 14.4 Å². The number of carbonyl (C=O) groups excluding carboxylic acids is 3. The van der Waals surface area contributed by atoms with Crippen molar-refractivity contribution in [3.63, 3.8) is 0 Å². The monoisotopic (exact) mass is 390 g/mol. The molecule has 6 nitrogen and oxygen atoms in total. The molecule has 0 spiro atoms. The number of thioether (sulfide) groups is 1. The van der Waals surface area contributed by atoms with E-state index in [-0.39, 0.29) is 0 Å². The number of anilines is 2. The van der Waals surface area contributed by atoms with Crippen molar-refractivity contribution in [3.8, 4) is 0 Å². The van der Waals surface area contributed by atoms with Gasteiger partial charge in [0, 0.05) is 9.77 Å². The van der Waals surface area contributed by atoms with Gasteiger partial charge in [-0.15, -0.1) is 11.3 Å². The van der Waals surface area contributed by atoms with Crippen molar-refractivity contribution in [3.05, 3.63) is 40.3 Å². The summed E-state index contributed by atoms with van der Waals surface area (Å²) in [5.41, 5.74) is 1.77. The van der Waals surface area contributed by atoms with Gasteiger partial charge in [-0.25, -0.2) is 4.79 Å². The quantitative estimate of drug-likeness (QED) is 0.618. The van der Waals surface area contributed by atoms with Gasteiger partial charge in [0.1, 0.15) is 5.00 Å². The highest BCUT2D eigenvalue weighted by Crippen LogP contribution is 2.43. The summed E-state index contributed by atoms with van der Waals surface area (Å²) in [6.45, 7) is 5.24. The number of thiophene rings is 1.